The molecule has 1 heterocycles. The van der Waals surface area contributed by atoms with Gasteiger partial charge in [-0.05, 0) is 105 Å². The molecule has 11 aromatic rings. The zero-order chi connectivity index (χ0) is 33.5. The average molecular weight is 647 g/mol. The Morgan fingerprint density at radius 1 is 0.275 bits per heavy atom. The summed E-state index contributed by atoms with van der Waals surface area (Å²) in [6.45, 7) is 0. The molecule has 0 aliphatic carbocycles. The Bertz CT molecular complexity index is 3130. The van der Waals surface area contributed by atoms with Crippen LogP contribution >= 0.6 is 0 Å². The molecule has 0 spiro atoms. The van der Waals surface area contributed by atoms with Gasteiger partial charge in [-0.15, -0.1) is 0 Å². The molecule has 0 aliphatic heterocycles. The van der Waals surface area contributed by atoms with Crippen LogP contribution in [0, 0.1) is 0 Å². The number of benzene rings is 10. The van der Waals surface area contributed by atoms with Crippen LogP contribution in [0.4, 0.5) is 0 Å². The van der Waals surface area contributed by atoms with Crippen LogP contribution in [0.2, 0.25) is 0 Å². The second kappa shape index (κ2) is 10.9. The second-order valence-electron chi connectivity index (χ2n) is 13.5. The van der Waals surface area contributed by atoms with Gasteiger partial charge in [-0.25, -0.2) is 0 Å². The highest BCUT2D eigenvalue weighted by atomic mass is 16.3. The summed E-state index contributed by atoms with van der Waals surface area (Å²) in [4.78, 5) is 0. The predicted molar refractivity (Wildman–Crippen MR) is 218 cm³/mol. The van der Waals surface area contributed by atoms with E-state index in [-0.39, 0.29) is 0 Å². The molecule has 0 atom stereocenters. The number of fused-ring (bicyclic) bond motifs is 10. The molecule has 10 aromatic carbocycles. The van der Waals surface area contributed by atoms with Gasteiger partial charge in [0.1, 0.15) is 11.2 Å². The molecule has 0 bridgehead atoms. The van der Waals surface area contributed by atoms with Crippen molar-refractivity contribution < 1.29 is 4.42 Å². The van der Waals surface area contributed by atoms with Crippen molar-refractivity contribution in [1.82, 2.24) is 0 Å². The molecule has 1 nitrogen and oxygen atoms in total. The summed E-state index contributed by atoms with van der Waals surface area (Å²) in [5.74, 6) is 0. The minimum atomic E-state index is 0.911. The first-order chi connectivity index (χ1) is 25.3. The molecule has 0 saturated carbocycles. The molecular weight excluding hydrogens is 617 g/mol. The zero-order valence-electron chi connectivity index (χ0n) is 27.7. The Morgan fingerprint density at radius 2 is 0.824 bits per heavy atom. The summed E-state index contributed by atoms with van der Waals surface area (Å²) in [5, 5.41) is 14.8. The lowest BCUT2D eigenvalue weighted by atomic mass is 9.84. The smallest absolute Gasteiger partial charge is 0.136 e. The Morgan fingerprint density at radius 3 is 1.53 bits per heavy atom. The lowest BCUT2D eigenvalue weighted by Crippen LogP contribution is -1.92. The van der Waals surface area contributed by atoms with Crippen molar-refractivity contribution in [1.29, 1.82) is 0 Å². The minimum absolute atomic E-state index is 0.911. The quantitative estimate of drug-likeness (QED) is 0.138. The van der Waals surface area contributed by atoms with Gasteiger partial charge in [0.05, 0.1) is 0 Å². The summed E-state index contributed by atoms with van der Waals surface area (Å²) in [7, 11) is 0. The van der Waals surface area contributed by atoms with Crippen molar-refractivity contribution in [3.8, 4) is 33.4 Å². The van der Waals surface area contributed by atoms with Crippen molar-refractivity contribution in [3.63, 3.8) is 0 Å². The number of hydrogen-bond acceptors (Lipinski definition) is 1. The van der Waals surface area contributed by atoms with Crippen LogP contribution in [0.5, 0.6) is 0 Å². The highest BCUT2D eigenvalue weighted by molar-refractivity contribution is 6.26. The van der Waals surface area contributed by atoms with Gasteiger partial charge in [-0.1, -0.05) is 164 Å². The monoisotopic (exact) mass is 646 g/mol. The maximum atomic E-state index is 6.41. The number of rotatable bonds is 3. The molecule has 0 N–H and O–H groups in total. The van der Waals surface area contributed by atoms with E-state index in [4.69, 9.17) is 4.42 Å². The SMILES string of the molecule is c1ccc(-c2cccc3c2ccc2c(-c4c5ccccc5c(-c5ccc6oc7ccc8ccccc8c7c6c5)c5ccccc45)cccc23)cc1. The van der Waals surface area contributed by atoms with Crippen molar-refractivity contribution in [2.24, 2.45) is 0 Å². The molecule has 1 heteroatoms. The summed E-state index contributed by atoms with van der Waals surface area (Å²) in [6.07, 6.45) is 0. The van der Waals surface area contributed by atoms with E-state index in [1.165, 1.54) is 92.6 Å². The summed E-state index contributed by atoms with van der Waals surface area (Å²) in [5.41, 5.74) is 9.29. The van der Waals surface area contributed by atoms with E-state index >= 15 is 0 Å². The molecule has 0 radical (unpaired) electrons. The lowest BCUT2D eigenvalue weighted by molar-refractivity contribution is 0.669. The fourth-order valence-corrected chi connectivity index (χ4v) is 8.65. The van der Waals surface area contributed by atoms with Crippen LogP contribution in [0.3, 0.4) is 0 Å². The standard InChI is InChI=1S/C50H30O/c1-2-12-31(13-3-1)34-20-10-21-36-37-22-11-23-40(39(37)27-26-38(34)36)49-43-18-8-6-16-41(43)48(42-17-7-9-19-44(42)49)33-25-28-46-45(30-33)50-35-15-5-4-14-32(35)24-29-47(50)51-46/h1-30H. The highest BCUT2D eigenvalue weighted by Gasteiger charge is 2.20. The first-order valence-corrected chi connectivity index (χ1v) is 17.6. The van der Waals surface area contributed by atoms with Crippen molar-refractivity contribution in [3.05, 3.63) is 182 Å². The third-order valence-electron chi connectivity index (χ3n) is 10.9. The fourth-order valence-electron chi connectivity index (χ4n) is 8.65. The molecule has 0 saturated heterocycles. The summed E-state index contributed by atoms with van der Waals surface area (Å²) >= 11 is 0. The van der Waals surface area contributed by atoms with Crippen LogP contribution in [0.15, 0.2) is 186 Å². The summed E-state index contributed by atoms with van der Waals surface area (Å²) in [6, 6.07) is 66.3. The largest absolute Gasteiger partial charge is 0.456 e. The normalized spacial score (nSPS) is 11.9. The number of hydrogen-bond donors (Lipinski definition) is 0. The van der Waals surface area contributed by atoms with Crippen LogP contribution in [0.25, 0.3) is 109 Å². The van der Waals surface area contributed by atoms with Gasteiger partial charge in [-0.2, -0.15) is 0 Å². The van der Waals surface area contributed by atoms with Crippen LogP contribution < -0.4 is 0 Å². The molecule has 0 fully saturated rings. The van der Waals surface area contributed by atoms with E-state index in [9.17, 15) is 0 Å². The van der Waals surface area contributed by atoms with E-state index in [0.717, 1.165) is 16.6 Å². The van der Waals surface area contributed by atoms with E-state index in [2.05, 4.69) is 182 Å². The van der Waals surface area contributed by atoms with Crippen LogP contribution in [-0.2, 0) is 0 Å². The molecule has 0 amide bonds. The third-order valence-corrected chi connectivity index (χ3v) is 10.9. The van der Waals surface area contributed by atoms with Crippen molar-refractivity contribution >= 4 is 75.8 Å². The predicted octanol–water partition coefficient (Wildman–Crippen LogP) is 14.4. The first-order valence-electron chi connectivity index (χ1n) is 17.6. The van der Waals surface area contributed by atoms with Gasteiger partial charge < -0.3 is 4.42 Å². The second-order valence-corrected chi connectivity index (χ2v) is 13.5. The van der Waals surface area contributed by atoms with E-state index in [1.54, 1.807) is 0 Å². The van der Waals surface area contributed by atoms with Gasteiger partial charge in [0.2, 0.25) is 0 Å². The highest BCUT2D eigenvalue weighted by Crippen LogP contribution is 2.47. The van der Waals surface area contributed by atoms with E-state index in [1.807, 2.05) is 0 Å². The van der Waals surface area contributed by atoms with Gasteiger partial charge in [0, 0.05) is 10.8 Å². The maximum Gasteiger partial charge on any atom is 0.136 e. The van der Waals surface area contributed by atoms with Gasteiger partial charge in [-0.3, -0.25) is 0 Å². The molecule has 0 unspecified atom stereocenters. The number of furan rings is 1. The first kappa shape index (κ1) is 28.2. The molecule has 11 rings (SSSR count). The zero-order valence-corrected chi connectivity index (χ0v) is 27.7. The molecular formula is C50H30O. The minimum Gasteiger partial charge on any atom is -0.456 e. The van der Waals surface area contributed by atoms with Crippen molar-refractivity contribution in [2.75, 3.05) is 0 Å². The molecule has 0 aliphatic rings. The molecule has 51 heavy (non-hydrogen) atoms. The van der Waals surface area contributed by atoms with Gasteiger partial charge >= 0.3 is 0 Å². The third kappa shape index (κ3) is 4.16. The van der Waals surface area contributed by atoms with E-state index < -0.39 is 0 Å². The Labute approximate surface area is 294 Å². The van der Waals surface area contributed by atoms with Gasteiger partial charge in [0.25, 0.3) is 0 Å². The van der Waals surface area contributed by atoms with E-state index in [0.29, 0.717) is 0 Å². The average Bonchev–Trinajstić information content (AvgIpc) is 3.58. The maximum absolute atomic E-state index is 6.41. The molecule has 236 valence electrons. The summed E-state index contributed by atoms with van der Waals surface area (Å²) < 4.78 is 6.41. The Balaban J connectivity index is 1.20. The van der Waals surface area contributed by atoms with Crippen LogP contribution in [0.1, 0.15) is 0 Å². The molecule has 1 aromatic heterocycles. The Hall–Kier alpha value is -6.70. The van der Waals surface area contributed by atoms with Crippen molar-refractivity contribution in [2.45, 2.75) is 0 Å². The van der Waals surface area contributed by atoms with Gasteiger partial charge in [0.15, 0.2) is 0 Å². The topological polar surface area (TPSA) is 13.1 Å². The van der Waals surface area contributed by atoms with Crippen LogP contribution in [-0.4, -0.2) is 0 Å². The Kier molecular flexibility index (Phi) is 6.02. The lowest BCUT2D eigenvalue weighted by Gasteiger charge is -2.19. The fraction of sp³-hybridized carbons (Fsp3) is 0.